The minimum absolute atomic E-state index is 0.0140. The molecular formula is C18H21ClN4O. The van der Waals surface area contributed by atoms with Crippen molar-refractivity contribution in [3.8, 4) is 0 Å². The lowest BCUT2D eigenvalue weighted by Crippen LogP contribution is -2.40. The molecule has 24 heavy (non-hydrogen) atoms. The minimum Gasteiger partial charge on any atom is -0.338 e. The highest BCUT2D eigenvalue weighted by atomic mass is 35.5. The maximum Gasteiger partial charge on any atom is 0.255 e. The fourth-order valence-corrected chi connectivity index (χ4v) is 4.04. The van der Waals surface area contributed by atoms with Gasteiger partial charge in [-0.2, -0.15) is 0 Å². The maximum absolute atomic E-state index is 12.8. The Morgan fingerprint density at radius 3 is 2.96 bits per heavy atom. The van der Waals surface area contributed by atoms with E-state index in [9.17, 15) is 4.79 Å². The van der Waals surface area contributed by atoms with E-state index in [0.717, 1.165) is 44.7 Å². The van der Waals surface area contributed by atoms with Gasteiger partial charge in [-0.15, -0.1) is 0 Å². The number of piperidine rings is 1. The Labute approximate surface area is 146 Å². The van der Waals surface area contributed by atoms with Gasteiger partial charge in [0, 0.05) is 49.8 Å². The first-order valence-electron chi connectivity index (χ1n) is 8.66. The van der Waals surface area contributed by atoms with Gasteiger partial charge in [0.05, 0.1) is 10.6 Å². The number of pyridine rings is 1. The summed E-state index contributed by atoms with van der Waals surface area (Å²) >= 11 is 5.97. The molecule has 0 aliphatic carbocycles. The van der Waals surface area contributed by atoms with Crippen molar-refractivity contribution in [1.29, 1.82) is 0 Å². The van der Waals surface area contributed by atoms with Crippen molar-refractivity contribution >= 4 is 17.5 Å². The number of likely N-dealkylation sites (tertiary alicyclic amines) is 1. The summed E-state index contributed by atoms with van der Waals surface area (Å²) in [5.74, 6) is 1.49. The minimum atomic E-state index is 0.0140. The molecule has 0 radical (unpaired) electrons. The van der Waals surface area contributed by atoms with E-state index in [1.165, 1.54) is 18.5 Å². The Bertz CT molecular complexity index is 757. The zero-order chi connectivity index (χ0) is 16.5. The lowest BCUT2D eigenvalue weighted by Gasteiger charge is -2.33. The molecular weight excluding hydrogens is 324 g/mol. The second kappa shape index (κ2) is 6.55. The molecule has 1 amide bonds. The first kappa shape index (κ1) is 15.6. The second-order valence-electron chi connectivity index (χ2n) is 6.70. The van der Waals surface area contributed by atoms with Crippen molar-refractivity contribution < 1.29 is 4.79 Å². The van der Waals surface area contributed by atoms with Gasteiger partial charge in [-0.25, -0.2) is 4.98 Å². The van der Waals surface area contributed by atoms with E-state index in [4.69, 9.17) is 16.6 Å². The zero-order valence-corrected chi connectivity index (χ0v) is 14.4. The molecule has 4 heterocycles. The monoisotopic (exact) mass is 344 g/mol. The lowest BCUT2D eigenvalue weighted by molar-refractivity contribution is 0.0702. The molecule has 0 unspecified atom stereocenters. The van der Waals surface area contributed by atoms with E-state index in [1.807, 2.05) is 11.1 Å². The van der Waals surface area contributed by atoms with Crippen molar-refractivity contribution in [2.75, 3.05) is 13.1 Å². The van der Waals surface area contributed by atoms with Crippen molar-refractivity contribution in [3.05, 3.63) is 46.8 Å². The highest BCUT2D eigenvalue weighted by molar-refractivity contribution is 6.30. The Morgan fingerprint density at radius 1 is 1.17 bits per heavy atom. The van der Waals surface area contributed by atoms with E-state index >= 15 is 0 Å². The number of fused-ring (bicyclic) bond motifs is 1. The Morgan fingerprint density at radius 2 is 2.08 bits per heavy atom. The lowest BCUT2D eigenvalue weighted by atomic mass is 9.96. The summed E-state index contributed by atoms with van der Waals surface area (Å²) in [7, 11) is 0. The van der Waals surface area contributed by atoms with Gasteiger partial charge in [0.25, 0.3) is 5.91 Å². The molecule has 2 aliphatic rings. The molecule has 5 nitrogen and oxygen atoms in total. The highest BCUT2D eigenvalue weighted by Gasteiger charge is 2.29. The van der Waals surface area contributed by atoms with Crippen molar-refractivity contribution in [1.82, 2.24) is 19.4 Å². The summed E-state index contributed by atoms with van der Waals surface area (Å²) in [6, 6.07) is 1.69. The number of aryl methyl sites for hydroxylation is 1. The van der Waals surface area contributed by atoms with Gasteiger partial charge in [0.2, 0.25) is 0 Å². The van der Waals surface area contributed by atoms with Crippen LogP contribution in [0.1, 0.15) is 53.5 Å². The van der Waals surface area contributed by atoms with Crippen LogP contribution in [-0.2, 0) is 13.0 Å². The largest absolute Gasteiger partial charge is 0.338 e. The molecule has 6 heteroatoms. The predicted molar refractivity (Wildman–Crippen MR) is 92.3 cm³/mol. The normalized spacial score (nSPS) is 20.7. The number of hydrogen-bond acceptors (Lipinski definition) is 3. The number of amides is 1. The van der Waals surface area contributed by atoms with Gasteiger partial charge in [-0.05, 0) is 38.2 Å². The van der Waals surface area contributed by atoms with Crippen LogP contribution in [0.2, 0.25) is 5.02 Å². The number of aromatic nitrogens is 3. The van der Waals surface area contributed by atoms with Gasteiger partial charge in [-0.1, -0.05) is 11.6 Å². The van der Waals surface area contributed by atoms with Crippen molar-refractivity contribution in [3.63, 3.8) is 0 Å². The molecule has 1 atom stereocenters. The molecule has 0 bridgehead atoms. The molecule has 0 saturated carbocycles. The van der Waals surface area contributed by atoms with Crippen LogP contribution < -0.4 is 0 Å². The van der Waals surface area contributed by atoms with E-state index < -0.39 is 0 Å². The molecule has 2 aromatic rings. The number of carbonyl (C=O) groups is 1. The molecule has 2 aromatic heterocycles. The quantitative estimate of drug-likeness (QED) is 0.840. The van der Waals surface area contributed by atoms with Crippen LogP contribution in [0.4, 0.5) is 0 Å². The molecule has 0 N–H and O–H groups in total. The van der Waals surface area contributed by atoms with Crippen LogP contribution in [0.5, 0.6) is 0 Å². The summed E-state index contributed by atoms with van der Waals surface area (Å²) in [5, 5.41) is 0.497. The van der Waals surface area contributed by atoms with Gasteiger partial charge in [0.1, 0.15) is 5.82 Å². The number of hydrogen-bond donors (Lipinski definition) is 0. The second-order valence-corrected chi connectivity index (χ2v) is 7.14. The summed E-state index contributed by atoms with van der Waals surface area (Å²) in [6.07, 6.45) is 10.9. The zero-order valence-electron chi connectivity index (χ0n) is 13.6. The highest BCUT2D eigenvalue weighted by Crippen LogP contribution is 2.29. The topological polar surface area (TPSA) is 51.0 Å². The molecule has 0 spiro atoms. The number of imidazole rings is 1. The van der Waals surface area contributed by atoms with Crippen molar-refractivity contribution in [2.24, 2.45) is 0 Å². The Hall–Kier alpha value is -1.88. The molecule has 4 rings (SSSR count). The average molecular weight is 345 g/mol. The molecule has 0 aromatic carbocycles. The van der Waals surface area contributed by atoms with Crippen LogP contribution in [0, 0.1) is 0 Å². The summed E-state index contributed by atoms with van der Waals surface area (Å²) in [5.41, 5.74) is 1.91. The van der Waals surface area contributed by atoms with Crippen LogP contribution in [0.3, 0.4) is 0 Å². The van der Waals surface area contributed by atoms with E-state index in [2.05, 4.69) is 9.55 Å². The smallest absolute Gasteiger partial charge is 0.255 e. The third-order valence-corrected chi connectivity index (χ3v) is 5.27. The van der Waals surface area contributed by atoms with Crippen LogP contribution >= 0.6 is 11.6 Å². The number of carbonyl (C=O) groups excluding carboxylic acids is 1. The number of halogens is 1. The van der Waals surface area contributed by atoms with Gasteiger partial charge in [0.15, 0.2) is 0 Å². The first-order chi connectivity index (χ1) is 11.7. The Kier molecular flexibility index (Phi) is 4.27. The average Bonchev–Trinajstić information content (AvgIpc) is 3.05. The summed E-state index contributed by atoms with van der Waals surface area (Å²) < 4.78 is 2.38. The third kappa shape index (κ3) is 2.93. The van der Waals surface area contributed by atoms with Crippen LogP contribution in [-0.4, -0.2) is 38.4 Å². The standard InChI is InChI=1S/C18H21ClN4O/c19-15-8-14(9-20-10-15)18(24)22-6-3-4-13(12-22)17-21-11-16-5-1-2-7-23(16)17/h8-11,13H,1-7,12H2/t13-/m1/s1. The van der Waals surface area contributed by atoms with Gasteiger partial charge in [-0.3, -0.25) is 9.78 Å². The fraction of sp³-hybridized carbons (Fsp3) is 0.500. The molecule has 2 aliphatic heterocycles. The SMILES string of the molecule is O=C(c1cncc(Cl)c1)N1CCC[C@@H](c2ncc3n2CCCC3)C1. The molecule has 1 fully saturated rings. The molecule has 126 valence electrons. The third-order valence-electron chi connectivity index (χ3n) is 5.06. The fourth-order valence-electron chi connectivity index (χ4n) is 3.87. The predicted octanol–water partition coefficient (Wildman–Crippen LogP) is 3.29. The van der Waals surface area contributed by atoms with Gasteiger partial charge >= 0.3 is 0 Å². The summed E-state index contributed by atoms with van der Waals surface area (Å²) in [6.45, 7) is 2.57. The van der Waals surface area contributed by atoms with Crippen LogP contribution in [0.15, 0.2) is 24.7 Å². The van der Waals surface area contributed by atoms with Crippen LogP contribution in [0.25, 0.3) is 0 Å². The maximum atomic E-state index is 12.8. The first-order valence-corrected chi connectivity index (χ1v) is 9.04. The Balaban J connectivity index is 1.54. The number of rotatable bonds is 2. The summed E-state index contributed by atoms with van der Waals surface area (Å²) in [4.78, 5) is 23.4. The number of nitrogens with zero attached hydrogens (tertiary/aromatic N) is 4. The van der Waals surface area contributed by atoms with E-state index in [0.29, 0.717) is 16.5 Å². The van der Waals surface area contributed by atoms with E-state index in [-0.39, 0.29) is 5.91 Å². The van der Waals surface area contributed by atoms with Gasteiger partial charge < -0.3 is 9.47 Å². The molecule has 1 saturated heterocycles. The van der Waals surface area contributed by atoms with E-state index in [1.54, 1.807) is 18.5 Å². The van der Waals surface area contributed by atoms with Crippen molar-refractivity contribution in [2.45, 2.75) is 44.6 Å².